The van der Waals surface area contributed by atoms with Gasteiger partial charge in [0.2, 0.25) is 0 Å². The molecule has 0 unspecified atom stereocenters. The fourth-order valence-electron chi connectivity index (χ4n) is 2.61. The minimum absolute atomic E-state index is 0.114. The first-order chi connectivity index (χ1) is 13.3. The number of hydrogen-bond acceptors (Lipinski definition) is 5. The lowest BCUT2D eigenvalue weighted by atomic mass is 10.1. The molecule has 3 aromatic rings. The Bertz CT molecular complexity index is 1030. The van der Waals surface area contributed by atoms with Gasteiger partial charge in [0, 0.05) is 23.7 Å². The Kier molecular flexibility index (Phi) is 4.46. The van der Waals surface area contributed by atoms with Crippen molar-refractivity contribution in [2.45, 2.75) is 12.8 Å². The first kappa shape index (κ1) is 18.3. The molecule has 0 saturated carbocycles. The predicted molar refractivity (Wildman–Crippen MR) is 92.4 cm³/mol. The number of anilines is 1. The highest BCUT2D eigenvalue weighted by Crippen LogP contribution is 2.45. The largest absolute Gasteiger partial charge is 0.586 e. The maximum atomic E-state index is 13.6. The fourth-order valence-corrected chi connectivity index (χ4v) is 2.86. The molecule has 0 atom stereocenters. The van der Waals surface area contributed by atoms with E-state index in [9.17, 15) is 17.6 Å². The van der Waals surface area contributed by atoms with Gasteiger partial charge < -0.3 is 14.8 Å². The van der Waals surface area contributed by atoms with Crippen molar-refractivity contribution in [1.82, 2.24) is 9.97 Å². The Balaban J connectivity index is 1.53. The van der Waals surface area contributed by atoms with Crippen molar-refractivity contribution < 1.29 is 27.0 Å². The van der Waals surface area contributed by atoms with E-state index in [1.165, 1.54) is 30.6 Å². The molecule has 2 heterocycles. The topological polar surface area (TPSA) is 56.3 Å². The van der Waals surface area contributed by atoms with E-state index in [1.807, 2.05) is 0 Å². The molecule has 0 bridgehead atoms. The van der Waals surface area contributed by atoms with Crippen molar-refractivity contribution in [3.05, 3.63) is 64.9 Å². The Morgan fingerprint density at radius 1 is 1.00 bits per heavy atom. The molecule has 1 aliphatic heterocycles. The molecular formula is C18H10ClF4N3O2. The molecule has 0 fully saturated rings. The molecule has 1 aliphatic rings. The first-order valence-electron chi connectivity index (χ1n) is 7.91. The lowest BCUT2D eigenvalue weighted by Gasteiger charge is -2.09. The second kappa shape index (κ2) is 6.83. The molecule has 0 amide bonds. The highest BCUT2D eigenvalue weighted by molar-refractivity contribution is 6.33. The third-order valence-electron chi connectivity index (χ3n) is 3.93. The van der Waals surface area contributed by atoms with Gasteiger partial charge in [-0.05, 0) is 18.2 Å². The number of nitrogens with zero attached hydrogens (tertiary/aromatic N) is 2. The Morgan fingerprint density at radius 3 is 2.32 bits per heavy atom. The highest BCUT2D eigenvalue weighted by atomic mass is 35.5. The molecule has 0 aliphatic carbocycles. The van der Waals surface area contributed by atoms with Crippen LogP contribution < -0.4 is 14.8 Å². The van der Waals surface area contributed by atoms with Crippen LogP contribution in [-0.2, 0) is 6.54 Å². The van der Waals surface area contributed by atoms with E-state index >= 15 is 0 Å². The molecule has 0 radical (unpaired) electrons. The molecule has 0 saturated heterocycles. The third kappa shape index (κ3) is 3.53. The second-order valence-corrected chi connectivity index (χ2v) is 6.19. The van der Waals surface area contributed by atoms with Crippen LogP contribution in [0.5, 0.6) is 11.5 Å². The third-order valence-corrected chi connectivity index (χ3v) is 4.24. The average molecular weight is 412 g/mol. The number of rotatable bonds is 4. The Hall–Kier alpha value is -3.07. The summed E-state index contributed by atoms with van der Waals surface area (Å²) in [6.07, 6.45) is -1.10. The Morgan fingerprint density at radius 2 is 1.68 bits per heavy atom. The van der Waals surface area contributed by atoms with Gasteiger partial charge in [-0.15, -0.1) is 8.78 Å². The Labute approximate surface area is 160 Å². The minimum Gasteiger partial charge on any atom is -0.395 e. The summed E-state index contributed by atoms with van der Waals surface area (Å²) in [5, 5.41) is 2.87. The van der Waals surface area contributed by atoms with E-state index in [0.29, 0.717) is 5.56 Å². The molecule has 5 nitrogen and oxygen atoms in total. The van der Waals surface area contributed by atoms with Gasteiger partial charge in [-0.1, -0.05) is 17.7 Å². The van der Waals surface area contributed by atoms with Crippen molar-refractivity contribution in [3.63, 3.8) is 0 Å². The number of benzene rings is 2. The van der Waals surface area contributed by atoms with Crippen molar-refractivity contribution in [2.24, 2.45) is 0 Å². The zero-order valence-electron chi connectivity index (χ0n) is 13.8. The molecular weight excluding hydrogens is 402 g/mol. The lowest BCUT2D eigenvalue weighted by Crippen LogP contribution is -2.25. The smallest absolute Gasteiger partial charge is 0.395 e. The summed E-state index contributed by atoms with van der Waals surface area (Å²) in [4.78, 5) is 8.24. The lowest BCUT2D eigenvalue weighted by molar-refractivity contribution is -0.286. The number of fused-ring (bicyclic) bond motifs is 1. The fraction of sp³-hybridized carbons (Fsp3) is 0.111. The SMILES string of the molecule is Fc1cccc(F)c1CNc1cnc(-c2cc3c(cc2Cl)OC(F)(F)O3)cn1. The standard InChI is InChI=1S/C18H10ClF4N3O2/c19-11-5-16-15(27-18(22,23)28-16)4-9(11)14-7-26-17(8-24-14)25-6-10-12(20)2-1-3-13(10)21/h1-5,7-8H,6H2,(H,25,26). The molecule has 4 rings (SSSR count). The number of ether oxygens (including phenoxy) is 2. The van der Waals surface area contributed by atoms with Crippen molar-refractivity contribution in [1.29, 1.82) is 0 Å². The van der Waals surface area contributed by atoms with Crippen LogP contribution >= 0.6 is 11.6 Å². The van der Waals surface area contributed by atoms with Crippen molar-refractivity contribution in [2.75, 3.05) is 5.32 Å². The van der Waals surface area contributed by atoms with Gasteiger partial charge in [0.1, 0.15) is 17.5 Å². The van der Waals surface area contributed by atoms with Crippen LogP contribution in [0.4, 0.5) is 23.4 Å². The number of alkyl halides is 2. The van der Waals surface area contributed by atoms with Crippen LogP contribution in [0.2, 0.25) is 5.02 Å². The van der Waals surface area contributed by atoms with Gasteiger partial charge in [-0.3, -0.25) is 4.98 Å². The molecule has 144 valence electrons. The summed E-state index contributed by atoms with van der Waals surface area (Å²) < 4.78 is 62.3. The van der Waals surface area contributed by atoms with Crippen LogP contribution in [-0.4, -0.2) is 16.3 Å². The summed E-state index contributed by atoms with van der Waals surface area (Å²) in [5.41, 5.74) is 0.461. The normalized spacial score (nSPS) is 14.2. The van der Waals surface area contributed by atoms with E-state index in [1.54, 1.807) is 0 Å². The van der Waals surface area contributed by atoms with Crippen LogP contribution in [0.1, 0.15) is 5.56 Å². The van der Waals surface area contributed by atoms with Gasteiger partial charge in [-0.25, -0.2) is 13.8 Å². The molecule has 1 aromatic heterocycles. The van der Waals surface area contributed by atoms with Crippen LogP contribution in [0.3, 0.4) is 0 Å². The molecule has 10 heteroatoms. The zero-order chi connectivity index (χ0) is 19.9. The number of halogens is 5. The van der Waals surface area contributed by atoms with Crippen molar-refractivity contribution in [3.8, 4) is 22.8 Å². The van der Waals surface area contributed by atoms with Crippen LogP contribution in [0, 0.1) is 11.6 Å². The minimum atomic E-state index is -3.76. The number of nitrogens with one attached hydrogen (secondary N) is 1. The number of hydrogen-bond donors (Lipinski definition) is 1. The van der Waals surface area contributed by atoms with E-state index in [4.69, 9.17) is 11.6 Å². The monoisotopic (exact) mass is 411 g/mol. The summed E-state index contributed by atoms with van der Waals surface area (Å²) in [6.45, 7) is -0.133. The molecule has 28 heavy (non-hydrogen) atoms. The van der Waals surface area contributed by atoms with Gasteiger partial charge in [-0.2, -0.15) is 0 Å². The van der Waals surface area contributed by atoms with E-state index in [0.717, 1.165) is 12.1 Å². The van der Waals surface area contributed by atoms with Gasteiger partial charge in [0.05, 0.1) is 23.1 Å². The first-order valence-corrected chi connectivity index (χ1v) is 8.29. The van der Waals surface area contributed by atoms with Crippen LogP contribution in [0.25, 0.3) is 11.3 Å². The predicted octanol–water partition coefficient (Wildman–Crippen LogP) is 5.01. The van der Waals surface area contributed by atoms with Crippen molar-refractivity contribution >= 4 is 17.4 Å². The molecule has 1 N–H and O–H groups in total. The summed E-state index contributed by atoms with van der Waals surface area (Å²) in [6, 6.07) is 6.04. The highest BCUT2D eigenvalue weighted by Gasteiger charge is 2.43. The maximum Gasteiger partial charge on any atom is 0.586 e. The van der Waals surface area contributed by atoms with Gasteiger partial charge in [0.25, 0.3) is 0 Å². The average Bonchev–Trinajstić information content (AvgIpc) is 2.94. The summed E-state index contributed by atoms with van der Waals surface area (Å²) in [7, 11) is 0. The van der Waals surface area contributed by atoms with E-state index in [2.05, 4.69) is 24.8 Å². The summed E-state index contributed by atoms with van der Waals surface area (Å²) >= 11 is 6.10. The summed E-state index contributed by atoms with van der Waals surface area (Å²) in [5.74, 6) is -1.46. The quantitative estimate of drug-likeness (QED) is 0.612. The van der Waals surface area contributed by atoms with E-state index in [-0.39, 0.29) is 40.1 Å². The maximum absolute atomic E-state index is 13.6. The van der Waals surface area contributed by atoms with Crippen LogP contribution in [0.15, 0.2) is 42.7 Å². The molecule has 0 spiro atoms. The second-order valence-electron chi connectivity index (χ2n) is 5.79. The zero-order valence-corrected chi connectivity index (χ0v) is 14.6. The van der Waals surface area contributed by atoms with E-state index < -0.39 is 17.9 Å². The van der Waals surface area contributed by atoms with Gasteiger partial charge in [0.15, 0.2) is 11.5 Å². The number of aromatic nitrogens is 2. The molecule has 2 aromatic carbocycles. The van der Waals surface area contributed by atoms with Gasteiger partial charge >= 0.3 is 6.29 Å².